The number of rotatable bonds is 3. The van der Waals surface area contributed by atoms with E-state index in [9.17, 15) is 4.79 Å². The number of hydrogen-bond acceptors (Lipinski definition) is 3. The lowest BCUT2D eigenvalue weighted by molar-refractivity contribution is -0.117. The summed E-state index contributed by atoms with van der Waals surface area (Å²) in [6, 6.07) is 5.96. The summed E-state index contributed by atoms with van der Waals surface area (Å²) in [6.07, 6.45) is 1.27. The Balaban J connectivity index is 2.22. The first-order chi connectivity index (χ1) is 8.19. The van der Waals surface area contributed by atoms with E-state index in [-0.39, 0.29) is 12.0 Å². The van der Waals surface area contributed by atoms with Crippen LogP contribution in [0.4, 0.5) is 5.69 Å². The van der Waals surface area contributed by atoms with Crippen LogP contribution in [0.3, 0.4) is 0 Å². The smallest absolute Gasteiger partial charge is 0.228 e. The van der Waals surface area contributed by atoms with Crippen LogP contribution in [0.25, 0.3) is 0 Å². The molecule has 17 heavy (non-hydrogen) atoms. The SMILES string of the molecule is CNCCc1ccc2c(c1)NC(=O)CC(C)O2. The topological polar surface area (TPSA) is 50.4 Å². The van der Waals surface area contributed by atoms with Crippen LogP contribution in [0.2, 0.25) is 0 Å². The second-order valence-corrected chi connectivity index (χ2v) is 4.36. The highest BCUT2D eigenvalue weighted by Crippen LogP contribution is 2.29. The molecule has 0 aromatic heterocycles. The van der Waals surface area contributed by atoms with Crippen molar-refractivity contribution in [1.82, 2.24) is 5.32 Å². The van der Waals surface area contributed by atoms with Crippen LogP contribution in [0.1, 0.15) is 18.9 Å². The first-order valence-electron chi connectivity index (χ1n) is 5.93. The van der Waals surface area contributed by atoms with Crippen molar-refractivity contribution < 1.29 is 9.53 Å². The molecule has 4 heteroatoms. The zero-order valence-corrected chi connectivity index (χ0v) is 10.2. The zero-order chi connectivity index (χ0) is 12.3. The van der Waals surface area contributed by atoms with Gasteiger partial charge in [0.15, 0.2) is 0 Å². The Morgan fingerprint density at radius 3 is 3.12 bits per heavy atom. The molecular weight excluding hydrogens is 216 g/mol. The van der Waals surface area contributed by atoms with Crippen LogP contribution in [0.5, 0.6) is 5.75 Å². The average molecular weight is 234 g/mol. The Bertz CT molecular complexity index is 418. The van der Waals surface area contributed by atoms with E-state index in [1.54, 1.807) is 0 Å². The third-order valence-electron chi connectivity index (χ3n) is 2.78. The molecule has 1 atom stereocenters. The molecule has 2 rings (SSSR count). The van der Waals surface area contributed by atoms with Crippen LogP contribution in [0.15, 0.2) is 18.2 Å². The van der Waals surface area contributed by atoms with E-state index in [0.717, 1.165) is 24.4 Å². The normalized spacial score (nSPS) is 18.9. The van der Waals surface area contributed by atoms with Gasteiger partial charge in [-0.1, -0.05) is 6.07 Å². The summed E-state index contributed by atoms with van der Waals surface area (Å²) in [5, 5.41) is 5.99. The molecule has 1 heterocycles. The van der Waals surface area contributed by atoms with Gasteiger partial charge in [0, 0.05) is 0 Å². The molecular formula is C13H18N2O2. The van der Waals surface area contributed by atoms with E-state index >= 15 is 0 Å². The fourth-order valence-corrected chi connectivity index (χ4v) is 1.92. The Morgan fingerprint density at radius 1 is 1.53 bits per heavy atom. The van der Waals surface area contributed by atoms with Gasteiger partial charge in [-0.3, -0.25) is 4.79 Å². The molecule has 1 aliphatic heterocycles. The third kappa shape index (κ3) is 2.97. The molecule has 1 unspecified atom stereocenters. The van der Waals surface area contributed by atoms with Gasteiger partial charge in [0.05, 0.1) is 12.1 Å². The molecule has 0 saturated heterocycles. The maximum Gasteiger partial charge on any atom is 0.228 e. The lowest BCUT2D eigenvalue weighted by Crippen LogP contribution is -2.17. The van der Waals surface area contributed by atoms with Crippen LogP contribution < -0.4 is 15.4 Å². The molecule has 0 radical (unpaired) electrons. The highest BCUT2D eigenvalue weighted by molar-refractivity contribution is 5.93. The molecule has 4 nitrogen and oxygen atoms in total. The summed E-state index contributed by atoms with van der Waals surface area (Å²) in [5.74, 6) is 0.776. The van der Waals surface area contributed by atoms with Crippen molar-refractivity contribution in [3.8, 4) is 5.75 Å². The molecule has 1 aromatic rings. The molecule has 0 bridgehead atoms. The summed E-state index contributed by atoms with van der Waals surface area (Å²) >= 11 is 0. The van der Waals surface area contributed by atoms with E-state index in [1.165, 1.54) is 5.56 Å². The van der Waals surface area contributed by atoms with E-state index < -0.39 is 0 Å². The molecule has 1 amide bonds. The van der Waals surface area contributed by atoms with Gasteiger partial charge in [0.2, 0.25) is 5.91 Å². The number of hydrogen-bond donors (Lipinski definition) is 2. The van der Waals surface area contributed by atoms with Crippen molar-refractivity contribution >= 4 is 11.6 Å². The Morgan fingerprint density at radius 2 is 2.35 bits per heavy atom. The number of nitrogens with one attached hydrogen (secondary N) is 2. The van der Waals surface area contributed by atoms with Gasteiger partial charge in [-0.05, 0) is 44.6 Å². The number of amides is 1. The highest BCUT2D eigenvalue weighted by atomic mass is 16.5. The first-order valence-corrected chi connectivity index (χ1v) is 5.93. The van der Waals surface area contributed by atoms with Gasteiger partial charge >= 0.3 is 0 Å². The van der Waals surface area contributed by atoms with Crippen molar-refractivity contribution in [2.24, 2.45) is 0 Å². The number of ether oxygens (including phenoxy) is 1. The fraction of sp³-hybridized carbons (Fsp3) is 0.462. The highest BCUT2D eigenvalue weighted by Gasteiger charge is 2.19. The summed E-state index contributed by atoms with van der Waals surface area (Å²) in [5.41, 5.74) is 1.98. The number of fused-ring (bicyclic) bond motifs is 1. The maximum absolute atomic E-state index is 11.6. The minimum absolute atomic E-state index is 0.0158. The summed E-state index contributed by atoms with van der Waals surface area (Å²) in [7, 11) is 1.93. The van der Waals surface area contributed by atoms with E-state index in [1.807, 2.05) is 32.2 Å². The zero-order valence-electron chi connectivity index (χ0n) is 10.2. The third-order valence-corrected chi connectivity index (χ3v) is 2.78. The predicted molar refractivity (Wildman–Crippen MR) is 67.4 cm³/mol. The minimum Gasteiger partial charge on any atom is -0.488 e. The van der Waals surface area contributed by atoms with E-state index in [4.69, 9.17) is 4.74 Å². The summed E-state index contributed by atoms with van der Waals surface area (Å²) < 4.78 is 5.69. The fourth-order valence-electron chi connectivity index (χ4n) is 1.92. The second-order valence-electron chi connectivity index (χ2n) is 4.36. The summed E-state index contributed by atoms with van der Waals surface area (Å²) in [6.45, 7) is 2.83. The van der Waals surface area contributed by atoms with Gasteiger partial charge in [0.25, 0.3) is 0 Å². The van der Waals surface area contributed by atoms with Crippen LogP contribution >= 0.6 is 0 Å². The van der Waals surface area contributed by atoms with Gasteiger partial charge in [-0.25, -0.2) is 0 Å². The lowest BCUT2D eigenvalue weighted by Gasteiger charge is -2.12. The molecule has 0 aliphatic carbocycles. The number of carbonyl (C=O) groups excluding carboxylic acids is 1. The molecule has 1 aromatic carbocycles. The van der Waals surface area contributed by atoms with Crippen molar-refractivity contribution in [1.29, 1.82) is 0 Å². The Hall–Kier alpha value is -1.55. The van der Waals surface area contributed by atoms with Gasteiger partial charge in [-0.15, -0.1) is 0 Å². The quantitative estimate of drug-likeness (QED) is 0.834. The summed E-state index contributed by atoms with van der Waals surface area (Å²) in [4.78, 5) is 11.6. The van der Waals surface area contributed by atoms with Gasteiger partial charge in [0.1, 0.15) is 11.9 Å². The molecule has 92 valence electrons. The van der Waals surface area contributed by atoms with Crippen molar-refractivity contribution in [2.75, 3.05) is 18.9 Å². The van der Waals surface area contributed by atoms with Crippen molar-refractivity contribution in [3.05, 3.63) is 23.8 Å². The van der Waals surface area contributed by atoms with Crippen molar-refractivity contribution in [3.63, 3.8) is 0 Å². The lowest BCUT2D eigenvalue weighted by atomic mass is 10.1. The molecule has 1 aliphatic rings. The van der Waals surface area contributed by atoms with Crippen molar-refractivity contribution in [2.45, 2.75) is 25.9 Å². The monoisotopic (exact) mass is 234 g/mol. The number of carbonyl (C=O) groups is 1. The standard InChI is InChI=1S/C13H18N2O2/c1-9-7-13(16)15-11-8-10(5-6-14-2)3-4-12(11)17-9/h3-4,8-9,14H,5-7H2,1-2H3,(H,15,16). The van der Waals surface area contributed by atoms with Crippen LogP contribution in [-0.4, -0.2) is 25.6 Å². The average Bonchev–Trinajstić information content (AvgIpc) is 2.42. The Labute approximate surface area is 101 Å². The molecule has 2 N–H and O–H groups in total. The number of anilines is 1. The van der Waals surface area contributed by atoms with Gasteiger partial charge < -0.3 is 15.4 Å². The molecule has 0 saturated carbocycles. The number of likely N-dealkylation sites (N-methyl/N-ethyl adjacent to an activating group) is 1. The van der Waals surface area contributed by atoms with Crippen LogP contribution in [-0.2, 0) is 11.2 Å². The van der Waals surface area contributed by atoms with Gasteiger partial charge in [-0.2, -0.15) is 0 Å². The Kier molecular flexibility index (Phi) is 3.64. The van der Waals surface area contributed by atoms with E-state index in [0.29, 0.717) is 6.42 Å². The second kappa shape index (κ2) is 5.19. The number of benzene rings is 1. The largest absolute Gasteiger partial charge is 0.488 e. The van der Waals surface area contributed by atoms with E-state index in [2.05, 4.69) is 10.6 Å². The molecule has 0 fully saturated rings. The first kappa shape index (κ1) is 11.9. The minimum atomic E-state index is -0.0700. The van der Waals surface area contributed by atoms with Crippen LogP contribution in [0, 0.1) is 0 Å². The predicted octanol–water partition coefficient (Wildman–Crippen LogP) is 1.56. The molecule has 0 spiro atoms. The maximum atomic E-state index is 11.6.